The number of nitrogens with one attached hydrogen (secondary N) is 1. The maximum Gasteiger partial charge on any atom is 0.133 e. The van der Waals surface area contributed by atoms with Gasteiger partial charge in [-0.3, -0.25) is 0 Å². The van der Waals surface area contributed by atoms with Gasteiger partial charge in [-0.05, 0) is 46.6 Å². The van der Waals surface area contributed by atoms with Gasteiger partial charge in [0.1, 0.15) is 11.6 Å². The number of halogens is 1. The second-order valence-electron chi connectivity index (χ2n) is 4.64. The highest BCUT2D eigenvalue weighted by Gasteiger charge is 2.08. The Morgan fingerprint density at radius 2 is 2.26 bits per heavy atom. The Morgan fingerprint density at radius 1 is 1.47 bits per heavy atom. The monoisotopic (exact) mass is 323 g/mol. The van der Waals surface area contributed by atoms with Crippen LogP contribution in [0.25, 0.3) is 11.3 Å². The van der Waals surface area contributed by atoms with Gasteiger partial charge in [0.15, 0.2) is 0 Å². The quantitative estimate of drug-likeness (QED) is 0.889. The van der Waals surface area contributed by atoms with Crippen molar-refractivity contribution < 1.29 is 4.74 Å². The molecule has 1 unspecified atom stereocenters. The van der Waals surface area contributed by atoms with E-state index in [1.165, 1.54) is 0 Å². The fourth-order valence-corrected chi connectivity index (χ4v) is 2.40. The topological polar surface area (TPSA) is 63.9 Å². The van der Waals surface area contributed by atoms with Gasteiger partial charge in [-0.15, -0.1) is 0 Å². The molecule has 102 valence electrons. The molecule has 0 saturated carbocycles. The van der Waals surface area contributed by atoms with Gasteiger partial charge >= 0.3 is 0 Å². The van der Waals surface area contributed by atoms with Crippen LogP contribution in [0.15, 0.2) is 28.9 Å². The first-order valence-corrected chi connectivity index (χ1v) is 7.01. The van der Waals surface area contributed by atoms with Gasteiger partial charge < -0.3 is 15.5 Å². The van der Waals surface area contributed by atoms with Crippen LogP contribution < -0.4 is 10.5 Å². The van der Waals surface area contributed by atoms with Gasteiger partial charge in [0.05, 0.1) is 23.5 Å². The van der Waals surface area contributed by atoms with Crippen LogP contribution in [0.3, 0.4) is 0 Å². The highest BCUT2D eigenvalue weighted by Crippen LogP contribution is 2.29. The number of aromatic nitrogens is 2. The van der Waals surface area contributed by atoms with Gasteiger partial charge in [0.2, 0.25) is 0 Å². The Kier molecular flexibility index (Phi) is 4.61. The van der Waals surface area contributed by atoms with E-state index in [-0.39, 0.29) is 0 Å². The maximum atomic E-state index is 5.63. The standard InChI is InChI=1S/C14H18BrN3O/c1-9(7-16)5-14-17-8-12(18-14)10-3-4-13(19-2)11(15)6-10/h3-4,6,8-9H,5,7,16H2,1-2H3,(H,17,18). The molecule has 0 bridgehead atoms. The van der Waals surface area contributed by atoms with Crippen molar-refractivity contribution in [2.24, 2.45) is 11.7 Å². The summed E-state index contributed by atoms with van der Waals surface area (Å²) in [5.41, 5.74) is 7.71. The molecule has 5 heteroatoms. The zero-order valence-electron chi connectivity index (χ0n) is 11.1. The Morgan fingerprint density at radius 3 is 2.89 bits per heavy atom. The fraction of sp³-hybridized carbons (Fsp3) is 0.357. The van der Waals surface area contributed by atoms with Crippen LogP contribution in [0.2, 0.25) is 0 Å². The molecule has 0 fully saturated rings. The van der Waals surface area contributed by atoms with Gasteiger partial charge in [-0.25, -0.2) is 4.98 Å². The van der Waals surface area contributed by atoms with E-state index < -0.39 is 0 Å². The maximum absolute atomic E-state index is 5.63. The van der Waals surface area contributed by atoms with Gasteiger partial charge in [0.25, 0.3) is 0 Å². The van der Waals surface area contributed by atoms with Crippen molar-refractivity contribution in [2.75, 3.05) is 13.7 Å². The highest BCUT2D eigenvalue weighted by atomic mass is 79.9. The molecule has 0 aliphatic carbocycles. The van der Waals surface area contributed by atoms with E-state index in [0.717, 1.165) is 33.7 Å². The second-order valence-corrected chi connectivity index (χ2v) is 5.49. The van der Waals surface area contributed by atoms with Crippen LogP contribution >= 0.6 is 15.9 Å². The number of methoxy groups -OCH3 is 1. The van der Waals surface area contributed by atoms with Crippen molar-refractivity contribution >= 4 is 15.9 Å². The van der Waals surface area contributed by atoms with E-state index in [1.807, 2.05) is 24.4 Å². The van der Waals surface area contributed by atoms with Crippen molar-refractivity contribution in [1.82, 2.24) is 9.97 Å². The average Bonchev–Trinajstić information content (AvgIpc) is 2.87. The summed E-state index contributed by atoms with van der Waals surface area (Å²) in [4.78, 5) is 7.73. The first kappa shape index (κ1) is 14.1. The lowest BCUT2D eigenvalue weighted by molar-refractivity contribution is 0.412. The summed E-state index contributed by atoms with van der Waals surface area (Å²) in [6, 6.07) is 5.96. The van der Waals surface area contributed by atoms with Crippen LogP contribution in [-0.2, 0) is 6.42 Å². The third-order valence-electron chi connectivity index (χ3n) is 3.04. The number of benzene rings is 1. The number of imidazole rings is 1. The minimum Gasteiger partial charge on any atom is -0.496 e. The van der Waals surface area contributed by atoms with Crippen molar-refractivity contribution in [3.05, 3.63) is 34.7 Å². The summed E-state index contributed by atoms with van der Waals surface area (Å²) in [5, 5.41) is 0. The Hall–Kier alpha value is -1.33. The molecule has 1 aromatic heterocycles. The van der Waals surface area contributed by atoms with Crippen molar-refractivity contribution in [3.63, 3.8) is 0 Å². The smallest absolute Gasteiger partial charge is 0.133 e. The normalized spacial score (nSPS) is 12.4. The SMILES string of the molecule is COc1ccc(-c2cnc(CC(C)CN)[nH]2)cc1Br. The van der Waals surface area contributed by atoms with Gasteiger partial charge in [0, 0.05) is 12.0 Å². The lowest BCUT2D eigenvalue weighted by Gasteiger charge is -2.06. The molecule has 3 N–H and O–H groups in total. The molecule has 1 aromatic carbocycles. The molecular weight excluding hydrogens is 306 g/mol. The largest absolute Gasteiger partial charge is 0.496 e. The zero-order chi connectivity index (χ0) is 13.8. The van der Waals surface area contributed by atoms with Crippen LogP contribution in [0, 0.1) is 5.92 Å². The predicted molar refractivity (Wildman–Crippen MR) is 80.2 cm³/mol. The zero-order valence-corrected chi connectivity index (χ0v) is 12.7. The number of nitrogens with zero attached hydrogens (tertiary/aromatic N) is 1. The van der Waals surface area contributed by atoms with E-state index in [0.29, 0.717) is 12.5 Å². The number of hydrogen-bond acceptors (Lipinski definition) is 3. The molecule has 0 amide bonds. The summed E-state index contributed by atoms with van der Waals surface area (Å²) in [6.45, 7) is 2.79. The lowest BCUT2D eigenvalue weighted by atomic mass is 10.1. The van der Waals surface area contributed by atoms with Crippen LogP contribution in [0.4, 0.5) is 0 Å². The second kappa shape index (κ2) is 6.21. The number of hydrogen-bond donors (Lipinski definition) is 2. The fourth-order valence-electron chi connectivity index (χ4n) is 1.86. The number of ether oxygens (including phenoxy) is 1. The van der Waals surface area contributed by atoms with E-state index >= 15 is 0 Å². The molecule has 0 spiro atoms. The summed E-state index contributed by atoms with van der Waals surface area (Å²) in [6.07, 6.45) is 2.72. The summed E-state index contributed by atoms with van der Waals surface area (Å²) in [7, 11) is 1.66. The molecule has 1 heterocycles. The van der Waals surface area contributed by atoms with Crippen molar-refractivity contribution in [3.8, 4) is 17.0 Å². The third kappa shape index (κ3) is 3.36. The molecule has 1 atom stereocenters. The van der Waals surface area contributed by atoms with Crippen molar-refractivity contribution in [1.29, 1.82) is 0 Å². The number of aromatic amines is 1. The Bertz CT molecular complexity index is 553. The van der Waals surface area contributed by atoms with Crippen LogP contribution in [0.5, 0.6) is 5.75 Å². The van der Waals surface area contributed by atoms with E-state index in [2.05, 4.69) is 32.8 Å². The average molecular weight is 324 g/mol. The molecular formula is C14H18BrN3O. The third-order valence-corrected chi connectivity index (χ3v) is 3.66. The molecule has 0 saturated heterocycles. The minimum absolute atomic E-state index is 0.432. The summed E-state index contributed by atoms with van der Waals surface area (Å²) in [5.74, 6) is 2.22. The number of nitrogens with two attached hydrogens (primary N) is 1. The highest BCUT2D eigenvalue weighted by molar-refractivity contribution is 9.10. The first-order valence-electron chi connectivity index (χ1n) is 6.22. The molecule has 2 aromatic rings. The van der Waals surface area contributed by atoms with E-state index in [9.17, 15) is 0 Å². The summed E-state index contributed by atoms with van der Waals surface area (Å²) < 4.78 is 6.15. The number of rotatable bonds is 5. The molecule has 2 rings (SSSR count). The first-order chi connectivity index (χ1) is 9.13. The van der Waals surface area contributed by atoms with E-state index in [4.69, 9.17) is 10.5 Å². The predicted octanol–water partition coefficient (Wildman–Crippen LogP) is 2.99. The minimum atomic E-state index is 0.432. The molecule has 4 nitrogen and oxygen atoms in total. The molecule has 0 aliphatic rings. The van der Waals surface area contributed by atoms with Crippen LogP contribution in [0.1, 0.15) is 12.7 Å². The van der Waals surface area contributed by atoms with Crippen molar-refractivity contribution in [2.45, 2.75) is 13.3 Å². The Labute approximate surface area is 121 Å². The van der Waals surface area contributed by atoms with E-state index in [1.54, 1.807) is 7.11 Å². The molecule has 0 aliphatic heterocycles. The van der Waals surface area contributed by atoms with Gasteiger partial charge in [-0.1, -0.05) is 6.92 Å². The summed E-state index contributed by atoms with van der Waals surface area (Å²) >= 11 is 3.49. The number of H-pyrrole nitrogens is 1. The van der Waals surface area contributed by atoms with Gasteiger partial charge in [-0.2, -0.15) is 0 Å². The molecule has 0 radical (unpaired) electrons. The lowest BCUT2D eigenvalue weighted by Crippen LogP contribution is -2.13. The van der Waals surface area contributed by atoms with Crippen LogP contribution in [-0.4, -0.2) is 23.6 Å². The Balaban J connectivity index is 2.20. The molecule has 19 heavy (non-hydrogen) atoms.